The second kappa shape index (κ2) is 5.98. The van der Waals surface area contributed by atoms with Gasteiger partial charge in [0.2, 0.25) is 0 Å². The highest BCUT2D eigenvalue weighted by Crippen LogP contribution is 1.83. The van der Waals surface area contributed by atoms with Crippen LogP contribution in [0.4, 0.5) is 0 Å². The number of ether oxygens (including phenoxy) is 1. The first-order valence-electron chi connectivity index (χ1n) is 1.65. The third kappa shape index (κ3) is 5.98. The highest BCUT2D eigenvalue weighted by Gasteiger charge is 1.58. The van der Waals surface area contributed by atoms with Crippen LogP contribution in [0.2, 0.25) is 0 Å². The standard InChI is InChI=1S/C4H6OS2/c6-3-1-5-2-4-7/h1-4,6-7H. The lowest BCUT2D eigenvalue weighted by Crippen LogP contribution is -1.57. The van der Waals surface area contributed by atoms with Gasteiger partial charge >= 0.3 is 0 Å². The maximum atomic E-state index is 4.62. The summed E-state index contributed by atoms with van der Waals surface area (Å²) in [6.07, 6.45) is 2.88. The Kier molecular flexibility index (Phi) is 5.96. The predicted octanol–water partition coefficient (Wildman–Crippen LogP) is 1.80. The smallest absolute Gasteiger partial charge is 0.0962 e. The molecule has 0 aliphatic carbocycles. The zero-order chi connectivity index (χ0) is 5.54. The average molecular weight is 134 g/mol. The fourth-order valence-corrected chi connectivity index (χ4v) is 0.256. The van der Waals surface area contributed by atoms with Crippen molar-refractivity contribution in [2.45, 2.75) is 0 Å². The van der Waals surface area contributed by atoms with Gasteiger partial charge in [-0.15, -0.1) is 25.3 Å². The van der Waals surface area contributed by atoms with E-state index in [0.29, 0.717) is 0 Å². The first kappa shape index (κ1) is 6.98. The van der Waals surface area contributed by atoms with Crippen LogP contribution in [-0.2, 0) is 4.74 Å². The molecule has 0 aliphatic rings. The molecule has 3 heteroatoms. The molecule has 1 nitrogen and oxygen atoms in total. The Hall–Kier alpha value is -0.0200. The molecule has 0 saturated heterocycles. The third-order valence-corrected chi connectivity index (χ3v) is 0.522. The minimum absolute atomic E-state index is 1.44. The average Bonchev–Trinajstić information content (AvgIpc) is 1.69. The van der Waals surface area contributed by atoms with Gasteiger partial charge in [-0.1, -0.05) is 0 Å². The number of hydrogen-bond donors (Lipinski definition) is 2. The lowest BCUT2D eigenvalue weighted by atomic mass is 11.1. The van der Waals surface area contributed by atoms with Gasteiger partial charge in [-0.05, 0) is 0 Å². The summed E-state index contributed by atoms with van der Waals surface area (Å²) in [4.78, 5) is 0. The molecule has 0 aromatic heterocycles. The van der Waals surface area contributed by atoms with Crippen molar-refractivity contribution in [3.63, 3.8) is 0 Å². The minimum Gasteiger partial charge on any atom is -0.472 e. The second-order valence-electron chi connectivity index (χ2n) is 0.706. The molecule has 0 bridgehead atoms. The summed E-state index contributed by atoms with van der Waals surface area (Å²) in [6.45, 7) is 0. The normalized spacial score (nSPS) is 11.1. The van der Waals surface area contributed by atoms with Gasteiger partial charge in [0.1, 0.15) is 0 Å². The van der Waals surface area contributed by atoms with Crippen molar-refractivity contribution in [2.24, 2.45) is 0 Å². The van der Waals surface area contributed by atoms with Crippen molar-refractivity contribution in [3.8, 4) is 0 Å². The first-order valence-corrected chi connectivity index (χ1v) is 2.69. The summed E-state index contributed by atoms with van der Waals surface area (Å²) < 4.78 is 4.62. The Balaban J connectivity index is 2.98. The molecule has 0 heterocycles. The van der Waals surface area contributed by atoms with Crippen molar-refractivity contribution < 1.29 is 4.74 Å². The van der Waals surface area contributed by atoms with Crippen molar-refractivity contribution in [1.29, 1.82) is 0 Å². The molecular formula is C4H6OS2. The number of hydrogen-bond acceptors (Lipinski definition) is 3. The largest absolute Gasteiger partial charge is 0.472 e. The van der Waals surface area contributed by atoms with Crippen LogP contribution in [0.25, 0.3) is 0 Å². The van der Waals surface area contributed by atoms with Gasteiger partial charge in [-0.3, -0.25) is 0 Å². The fraction of sp³-hybridized carbons (Fsp3) is 0. The summed E-state index contributed by atoms with van der Waals surface area (Å²) in [5, 5.41) is 2.99. The SMILES string of the molecule is SC=COC=CS. The Labute approximate surface area is 53.9 Å². The van der Waals surface area contributed by atoms with Crippen LogP contribution in [0.15, 0.2) is 23.3 Å². The summed E-state index contributed by atoms with van der Waals surface area (Å²) in [7, 11) is 0. The summed E-state index contributed by atoms with van der Waals surface area (Å²) in [5.74, 6) is 0. The van der Waals surface area contributed by atoms with Crippen molar-refractivity contribution >= 4 is 25.3 Å². The molecule has 0 rings (SSSR count). The monoisotopic (exact) mass is 134 g/mol. The molecule has 0 aromatic rings. The molecular weight excluding hydrogens is 128 g/mol. The first-order chi connectivity index (χ1) is 3.41. The van der Waals surface area contributed by atoms with E-state index in [-0.39, 0.29) is 0 Å². The molecule has 0 unspecified atom stereocenters. The van der Waals surface area contributed by atoms with Crippen molar-refractivity contribution in [1.82, 2.24) is 0 Å². The molecule has 0 atom stereocenters. The Morgan fingerprint density at radius 1 is 1.00 bits per heavy atom. The van der Waals surface area contributed by atoms with E-state index in [4.69, 9.17) is 0 Å². The molecule has 0 radical (unpaired) electrons. The van der Waals surface area contributed by atoms with E-state index >= 15 is 0 Å². The molecule has 0 amide bonds. The quantitative estimate of drug-likeness (QED) is 0.432. The summed E-state index contributed by atoms with van der Waals surface area (Å²) in [6, 6.07) is 0. The predicted molar refractivity (Wildman–Crippen MR) is 37.3 cm³/mol. The minimum atomic E-state index is 1.44. The van der Waals surface area contributed by atoms with Gasteiger partial charge in [0, 0.05) is 10.8 Å². The fourth-order valence-electron chi connectivity index (χ4n) is 0.116. The van der Waals surface area contributed by atoms with E-state index in [9.17, 15) is 0 Å². The van der Waals surface area contributed by atoms with E-state index in [1.165, 1.54) is 23.3 Å². The van der Waals surface area contributed by atoms with Gasteiger partial charge in [-0.2, -0.15) is 0 Å². The molecule has 0 aromatic carbocycles. The molecule has 0 aliphatic heterocycles. The van der Waals surface area contributed by atoms with Crippen LogP contribution in [0, 0.1) is 0 Å². The Morgan fingerprint density at radius 3 is 1.71 bits per heavy atom. The van der Waals surface area contributed by atoms with Crippen LogP contribution < -0.4 is 0 Å². The number of rotatable bonds is 2. The Morgan fingerprint density at radius 2 is 1.43 bits per heavy atom. The van der Waals surface area contributed by atoms with Gasteiger partial charge < -0.3 is 4.74 Å². The molecule has 7 heavy (non-hydrogen) atoms. The van der Waals surface area contributed by atoms with E-state index in [1.807, 2.05) is 0 Å². The molecule has 40 valence electrons. The van der Waals surface area contributed by atoms with E-state index in [1.54, 1.807) is 0 Å². The Bertz CT molecular complexity index is 67.8. The van der Waals surface area contributed by atoms with Crippen LogP contribution in [0.5, 0.6) is 0 Å². The third-order valence-electron chi connectivity index (χ3n) is 0.279. The molecule has 0 N–H and O–H groups in total. The van der Waals surface area contributed by atoms with E-state index in [2.05, 4.69) is 30.0 Å². The topological polar surface area (TPSA) is 9.23 Å². The van der Waals surface area contributed by atoms with Crippen LogP contribution in [0.3, 0.4) is 0 Å². The van der Waals surface area contributed by atoms with Crippen LogP contribution in [-0.4, -0.2) is 0 Å². The number of thiol groups is 2. The van der Waals surface area contributed by atoms with Crippen molar-refractivity contribution in [3.05, 3.63) is 23.3 Å². The van der Waals surface area contributed by atoms with Crippen LogP contribution in [0.1, 0.15) is 0 Å². The zero-order valence-electron chi connectivity index (χ0n) is 3.61. The molecule has 0 fully saturated rings. The summed E-state index contributed by atoms with van der Waals surface area (Å²) >= 11 is 7.46. The maximum Gasteiger partial charge on any atom is 0.0962 e. The van der Waals surface area contributed by atoms with Gasteiger partial charge in [0.25, 0.3) is 0 Å². The van der Waals surface area contributed by atoms with Gasteiger partial charge in [-0.25, -0.2) is 0 Å². The highest BCUT2D eigenvalue weighted by atomic mass is 32.1. The van der Waals surface area contributed by atoms with E-state index < -0.39 is 0 Å². The lowest BCUT2D eigenvalue weighted by molar-refractivity contribution is 0.405. The highest BCUT2D eigenvalue weighted by molar-refractivity contribution is 7.83. The summed E-state index contributed by atoms with van der Waals surface area (Å²) in [5.41, 5.74) is 0. The van der Waals surface area contributed by atoms with Gasteiger partial charge in [0.15, 0.2) is 0 Å². The van der Waals surface area contributed by atoms with Crippen molar-refractivity contribution in [2.75, 3.05) is 0 Å². The molecule has 0 spiro atoms. The van der Waals surface area contributed by atoms with E-state index in [0.717, 1.165) is 0 Å². The molecule has 0 saturated carbocycles. The second-order valence-corrected chi connectivity index (χ2v) is 1.30. The van der Waals surface area contributed by atoms with Gasteiger partial charge in [0.05, 0.1) is 12.5 Å². The zero-order valence-corrected chi connectivity index (χ0v) is 5.40. The maximum absolute atomic E-state index is 4.62. The lowest BCUT2D eigenvalue weighted by Gasteiger charge is -1.81. The van der Waals surface area contributed by atoms with Crippen LogP contribution >= 0.6 is 25.3 Å².